The second-order valence-corrected chi connectivity index (χ2v) is 2.70. The number of hydrogen-bond acceptors (Lipinski definition) is 1. The molecule has 1 N–H and O–H groups in total. The van der Waals surface area contributed by atoms with E-state index in [2.05, 4.69) is 11.8 Å². The van der Waals surface area contributed by atoms with E-state index in [4.69, 9.17) is 11.6 Å². The van der Waals surface area contributed by atoms with Crippen molar-refractivity contribution < 1.29 is 5.11 Å². The maximum absolute atomic E-state index is 9.30. The van der Waals surface area contributed by atoms with Gasteiger partial charge in [-0.05, 0) is 24.6 Å². The molecule has 12 heavy (non-hydrogen) atoms. The van der Waals surface area contributed by atoms with Gasteiger partial charge in [-0.3, -0.25) is 0 Å². The summed E-state index contributed by atoms with van der Waals surface area (Å²) >= 11 is 5.39. The van der Waals surface area contributed by atoms with Crippen LogP contribution in [0.1, 0.15) is 11.1 Å². The molecule has 1 aromatic carbocycles. The number of alkyl halides is 1. The standard InChI is InChI=1S/C10H9ClO/c1-8-4-5-9(3-2-6-11)7-10(8)12/h4-5,7,12H,6H2,1H3. The Balaban J connectivity index is 2.97. The Labute approximate surface area is 77.0 Å². The molecular formula is C10H9ClO. The van der Waals surface area contributed by atoms with Crippen molar-refractivity contribution in [1.82, 2.24) is 0 Å². The molecule has 0 bridgehead atoms. The summed E-state index contributed by atoms with van der Waals surface area (Å²) in [4.78, 5) is 0. The van der Waals surface area contributed by atoms with E-state index in [1.54, 1.807) is 6.07 Å². The predicted molar refractivity (Wildman–Crippen MR) is 50.4 cm³/mol. The fourth-order valence-corrected chi connectivity index (χ4v) is 0.889. The second-order valence-electron chi connectivity index (χ2n) is 2.44. The second kappa shape index (κ2) is 4.04. The van der Waals surface area contributed by atoms with Gasteiger partial charge in [0.2, 0.25) is 0 Å². The third-order valence-corrected chi connectivity index (χ3v) is 1.64. The van der Waals surface area contributed by atoms with E-state index < -0.39 is 0 Å². The zero-order chi connectivity index (χ0) is 8.97. The summed E-state index contributed by atoms with van der Waals surface area (Å²) in [6.07, 6.45) is 0. The molecule has 0 aliphatic rings. The molecule has 1 rings (SSSR count). The third-order valence-electron chi connectivity index (χ3n) is 1.51. The fourth-order valence-electron chi connectivity index (χ4n) is 0.823. The molecule has 0 heterocycles. The van der Waals surface area contributed by atoms with E-state index in [1.807, 2.05) is 19.1 Å². The van der Waals surface area contributed by atoms with Crippen LogP contribution in [0.15, 0.2) is 18.2 Å². The summed E-state index contributed by atoms with van der Waals surface area (Å²) in [5, 5.41) is 9.30. The molecule has 0 atom stereocenters. The van der Waals surface area contributed by atoms with E-state index in [9.17, 15) is 5.11 Å². The number of rotatable bonds is 0. The minimum atomic E-state index is 0.274. The van der Waals surface area contributed by atoms with Gasteiger partial charge < -0.3 is 5.11 Å². The summed E-state index contributed by atoms with van der Waals surface area (Å²) in [7, 11) is 0. The van der Waals surface area contributed by atoms with Gasteiger partial charge >= 0.3 is 0 Å². The maximum Gasteiger partial charge on any atom is 0.119 e. The first-order valence-electron chi connectivity index (χ1n) is 3.58. The lowest BCUT2D eigenvalue weighted by molar-refractivity contribution is 0.471. The summed E-state index contributed by atoms with van der Waals surface area (Å²) < 4.78 is 0. The van der Waals surface area contributed by atoms with Crippen LogP contribution in [0.3, 0.4) is 0 Å². The van der Waals surface area contributed by atoms with E-state index in [1.165, 1.54) is 0 Å². The van der Waals surface area contributed by atoms with Gasteiger partial charge in [0.15, 0.2) is 0 Å². The Bertz CT molecular complexity index is 333. The van der Waals surface area contributed by atoms with E-state index in [-0.39, 0.29) is 5.75 Å². The number of benzene rings is 1. The topological polar surface area (TPSA) is 20.2 Å². The smallest absolute Gasteiger partial charge is 0.119 e. The van der Waals surface area contributed by atoms with Gasteiger partial charge in [-0.25, -0.2) is 0 Å². The van der Waals surface area contributed by atoms with Crippen LogP contribution in [-0.4, -0.2) is 11.0 Å². The third kappa shape index (κ3) is 2.18. The van der Waals surface area contributed by atoms with Gasteiger partial charge in [-0.2, -0.15) is 0 Å². The highest BCUT2D eigenvalue weighted by molar-refractivity contribution is 6.19. The van der Waals surface area contributed by atoms with Crippen molar-refractivity contribution in [3.63, 3.8) is 0 Å². The van der Waals surface area contributed by atoms with Crippen LogP contribution in [0.4, 0.5) is 0 Å². The molecule has 0 unspecified atom stereocenters. The summed E-state index contributed by atoms with van der Waals surface area (Å²) in [6.45, 7) is 1.84. The first kappa shape index (κ1) is 8.96. The highest BCUT2D eigenvalue weighted by Crippen LogP contribution is 2.16. The lowest BCUT2D eigenvalue weighted by Crippen LogP contribution is -1.77. The number of aryl methyl sites for hydroxylation is 1. The lowest BCUT2D eigenvalue weighted by atomic mass is 10.1. The molecule has 0 saturated carbocycles. The molecule has 0 aliphatic heterocycles. The highest BCUT2D eigenvalue weighted by atomic mass is 35.5. The zero-order valence-corrected chi connectivity index (χ0v) is 7.52. The SMILES string of the molecule is Cc1ccc(C#CCCl)cc1O. The van der Waals surface area contributed by atoms with Gasteiger partial charge in [-0.1, -0.05) is 17.9 Å². The molecule has 0 spiro atoms. The molecule has 62 valence electrons. The van der Waals surface area contributed by atoms with E-state index >= 15 is 0 Å². The molecule has 0 saturated heterocycles. The van der Waals surface area contributed by atoms with Gasteiger partial charge in [0.1, 0.15) is 5.75 Å². The largest absolute Gasteiger partial charge is 0.508 e. The molecule has 1 aromatic rings. The highest BCUT2D eigenvalue weighted by Gasteiger charge is 1.94. The van der Waals surface area contributed by atoms with Crippen LogP contribution in [0.25, 0.3) is 0 Å². The Kier molecular flexibility index (Phi) is 3.01. The molecule has 0 radical (unpaired) electrons. The average molecular weight is 181 g/mol. The minimum Gasteiger partial charge on any atom is -0.508 e. The molecule has 1 nitrogen and oxygen atoms in total. The number of aromatic hydroxyl groups is 1. The summed E-state index contributed by atoms with van der Waals surface area (Å²) in [5.41, 5.74) is 1.64. The van der Waals surface area contributed by atoms with Crippen molar-refractivity contribution in [2.45, 2.75) is 6.92 Å². The first-order valence-corrected chi connectivity index (χ1v) is 4.12. The normalized spacial score (nSPS) is 8.83. The van der Waals surface area contributed by atoms with Gasteiger partial charge in [0.05, 0.1) is 5.88 Å². The van der Waals surface area contributed by atoms with E-state index in [0.29, 0.717) is 5.88 Å². The average Bonchev–Trinajstić information content (AvgIpc) is 2.07. The monoisotopic (exact) mass is 180 g/mol. The van der Waals surface area contributed by atoms with Gasteiger partial charge in [-0.15, -0.1) is 11.6 Å². The van der Waals surface area contributed by atoms with Crippen molar-refractivity contribution in [3.05, 3.63) is 29.3 Å². The Morgan fingerprint density at radius 2 is 2.25 bits per heavy atom. The fraction of sp³-hybridized carbons (Fsp3) is 0.200. The van der Waals surface area contributed by atoms with Gasteiger partial charge in [0.25, 0.3) is 0 Å². The van der Waals surface area contributed by atoms with Gasteiger partial charge in [0, 0.05) is 5.56 Å². The number of phenolic OH excluding ortho intramolecular Hbond substituents is 1. The van der Waals surface area contributed by atoms with Crippen LogP contribution in [0.5, 0.6) is 5.75 Å². The van der Waals surface area contributed by atoms with Crippen molar-refractivity contribution in [1.29, 1.82) is 0 Å². The van der Waals surface area contributed by atoms with Crippen molar-refractivity contribution in [2.75, 3.05) is 5.88 Å². The number of phenols is 1. The molecular weight excluding hydrogens is 172 g/mol. The molecule has 0 amide bonds. The van der Waals surface area contributed by atoms with Crippen LogP contribution >= 0.6 is 11.6 Å². The van der Waals surface area contributed by atoms with Crippen molar-refractivity contribution in [3.8, 4) is 17.6 Å². The number of halogens is 1. The Morgan fingerprint density at radius 1 is 1.50 bits per heavy atom. The first-order chi connectivity index (χ1) is 5.74. The number of hydrogen-bond donors (Lipinski definition) is 1. The predicted octanol–water partition coefficient (Wildman–Crippen LogP) is 2.29. The van der Waals surface area contributed by atoms with Crippen LogP contribution in [0.2, 0.25) is 0 Å². The minimum absolute atomic E-state index is 0.274. The molecule has 0 aromatic heterocycles. The van der Waals surface area contributed by atoms with Crippen molar-refractivity contribution >= 4 is 11.6 Å². The quantitative estimate of drug-likeness (QED) is 0.480. The zero-order valence-electron chi connectivity index (χ0n) is 6.76. The van der Waals surface area contributed by atoms with Crippen LogP contribution in [-0.2, 0) is 0 Å². The lowest BCUT2D eigenvalue weighted by Gasteiger charge is -1.97. The molecule has 0 aliphatic carbocycles. The summed E-state index contributed by atoms with van der Waals surface area (Å²) in [5.74, 6) is 6.12. The van der Waals surface area contributed by atoms with E-state index in [0.717, 1.165) is 11.1 Å². The van der Waals surface area contributed by atoms with Crippen LogP contribution < -0.4 is 0 Å². The molecule has 2 heteroatoms. The van der Waals surface area contributed by atoms with Crippen molar-refractivity contribution in [2.24, 2.45) is 0 Å². The maximum atomic E-state index is 9.30. The molecule has 0 fully saturated rings. The Morgan fingerprint density at radius 3 is 2.83 bits per heavy atom. The van der Waals surface area contributed by atoms with Crippen LogP contribution in [0, 0.1) is 18.8 Å². The Hall–Kier alpha value is -1.13. The summed E-state index contributed by atoms with van der Waals surface area (Å²) in [6, 6.07) is 5.32.